The van der Waals surface area contributed by atoms with E-state index in [1.807, 2.05) is 25.2 Å². The number of fused-ring (bicyclic) bond motifs is 1. The first-order chi connectivity index (χ1) is 12.2. The number of aromatic nitrogens is 2. The molecule has 0 saturated heterocycles. The van der Waals surface area contributed by atoms with E-state index in [2.05, 4.69) is 28.6 Å². The molecule has 0 fully saturated rings. The summed E-state index contributed by atoms with van der Waals surface area (Å²) in [6, 6.07) is 5.97. The van der Waals surface area contributed by atoms with Crippen LogP contribution in [0.25, 0.3) is 11.0 Å². The predicted molar refractivity (Wildman–Crippen MR) is 108 cm³/mol. The van der Waals surface area contributed by atoms with Crippen molar-refractivity contribution in [2.45, 2.75) is 59.0 Å². The number of nitrogens with zero attached hydrogens (tertiary/aromatic N) is 3. The predicted octanol–water partition coefficient (Wildman–Crippen LogP) is 4.70. The number of hydrogen-bond donors (Lipinski definition) is 1. The van der Waals surface area contributed by atoms with Gasteiger partial charge in [0.05, 0.1) is 17.6 Å². The van der Waals surface area contributed by atoms with Crippen LogP contribution in [0, 0.1) is 0 Å². The fourth-order valence-electron chi connectivity index (χ4n) is 3.24. The molecule has 0 aliphatic carbocycles. The third-order valence-electron chi connectivity index (χ3n) is 4.64. The zero-order chi connectivity index (χ0) is 18.1. The van der Waals surface area contributed by atoms with Gasteiger partial charge in [0.1, 0.15) is 5.82 Å². The average Bonchev–Trinajstić information content (AvgIpc) is 2.94. The molecule has 1 aromatic carbocycles. The number of halogens is 1. The molecule has 1 aromatic heterocycles. The lowest BCUT2D eigenvalue weighted by Crippen LogP contribution is -2.28. The molecule has 0 amide bonds. The van der Waals surface area contributed by atoms with Gasteiger partial charge in [0.2, 0.25) is 0 Å². The molecule has 0 aliphatic heterocycles. The average molecular weight is 365 g/mol. The lowest BCUT2D eigenvalue weighted by Gasteiger charge is -2.22. The highest BCUT2D eigenvalue weighted by Crippen LogP contribution is 2.21. The van der Waals surface area contributed by atoms with Crippen molar-refractivity contribution in [3.8, 4) is 0 Å². The van der Waals surface area contributed by atoms with Crippen molar-refractivity contribution in [1.82, 2.24) is 19.8 Å². The summed E-state index contributed by atoms with van der Waals surface area (Å²) in [4.78, 5) is 7.39. The summed E-state index contributed by atoms with van der Waals surface area (Å²) in [5.41, 5.74) is 2.18. The molecule has 0 radical (unpaired) electrons. The first-order valence-corrected chi connectivity index (χ1v) is 10.1. The standard InChI is InChI=1S/C20H33ClN4/c1-4-6-11-24(12-7-5-2)13-8-14-25-19-15-17(21)9-10-18(19)23-20(25)16-22-3/h9-10,15,22H,4-8,11-14,16H2,1-3H3. The van der Waals surface area contributed by atoms with Crippen LogP contribution < -0.4 is 5.32 Å². The summed E-state index contributed by atoms with van der Waals surface area (Å²) in [6.07, 6.45) is 6.25. The van der Waals surface area contributed by atoms with Gasteiger partial charge in [-0.3, -0.25) is 0 Å². The Balaban J connectivity index is 2.04. The van der Waals surface area contributed by atoms with E-state index in [1.54, 1.807) is 0 Å². The number of imidazole rings is 1. The van der Waals surface area contributed by atoms with Gasteiger partial charge in [0.25, 0.3) is 0 Å². The highest BCUT2D eigenvalue weighted by molar-refractivity contribution is 6.31. The van der Waals surface area contributed by atoms with Crippen LogP contribution in [0.5, 0.6) is 0 Å². The van der Waals surface area contributed by atoms with E-state index < -0.39 is 0 Å². The summed E-state index contributed by atoms with van der Waals surface area (Å²) in [5, 5.41) is 4.00. The molecule has 140 valence electrons. The molecule has 2 rings (SSSR count). The Hall–Kier alpha value is -1.10. The lowest BCUT2D eigenvalue weighted by molar-refractivity contribution is 0.257. The van der Waals surface area contributed by atoms with Crippen molar-refractivity contribution in [3.05, 3.63) is 29.0 Å². The number of aryl methyl sites for hydroxylation is 1. The molecule has 0 aliphatic rings. The largest absolute Gasteiger partial charge is 0.327 e. The molecule has 5 heteroatoms. The Kier molecular flexibility index (Phi) is 8.73. The molecule has 4 nitrogen and oxygen atoms in total. The van der Waals surface area contributed by atoms with E-state index in [0.717, 1.165) is 47.9 Å². The topological polar surface area (TPSA) is 33.1 Å². The third kappa shape index (κ3) is 5.98. The Labute approximate surface area is 157 Å². The minimum Gasteiger partial charge on any atom is -0.327 e. The Morgan fingerprint density at radius 3 is 2.40 bits per heavy atom. The summed E-state index contributed by atoms with van der Waals surface area (Å²) in [7, 11) is 1.97. The quantitative estimate of drug-likeness (QED) is 0.592. The van der Waals surface area contributed by atoms with Gasteiger partial charge in [-0.25, -0.2) is 4.98 Å². The second-order valence-corrected chi connectivity index (χ2v) is 7.18. The molecule has 0 unspecified atom stereocenters. The Bertz CT molecular complexity index is 630. The maximum absolute atomic E-state index is 6.21. The summed E-state index contributed by atoms with van der Waals surface area (Å²) < 4.78 is 2.33. The zero-order valence-corrected chi connectivity index (χ0v) is 16.8. The summed E-state index contributed by atoms with van der Waals surface area (Å²) >= 11 is 6.21. The second-order valence-electron chi connectivity index (χ2n) is 6.75. The van der Waals surface area contributed by atoms with E-state index in [0.29, 0.717) is 0 Å². The van der Waals surface area contributed by atoms with Crippen molar-refractivity contribution >= 4 is 22.6 Å². The van der Waals surface area contributed by atoms with E-state index in [4.69, 9.17) is 16.6 Å². The minimum atomic E-state index is 0.775. The molecule has 0 saturated carbocycles. The number of nitrogens with one attached hydrogen (secondary N) is 1. The molecule has 0 bridgehead atoms. The van der Waals surface area contributed by atoms with Gasteiger partial charge < -0.3 is 14.8 Å². The van der Waals surface area contributed by atoms with Gasteiger partial charge in [-0.1, -0.05) is 38.3 Å². The summed E-state index contributed by atoms with van der Waals surface area (Å²) in [6.45, 7) is 9.89. The Morgan fingerprint density at radius 2 is 1.76 bits per heavy atom. The molecule has 1 heterocycles. The van der Waals surface area contributed by atoms with Crippen molar-refractivity contribution in [2.24, 2.45) is 0 Å². The third-order valence-corrected chi connectivity index (χ3v) is 4.87. The van der Waals surface area contributed by atoms with Crippen LogP contribution in [0.3, 0.4) is 0 Å². The van der Waals surface area contributed by atoms with E-state index in [-0.39, 0.29) is 0 Å². The van der Waals surface area contributed by atoms with Gasteiger partial charge in [-0.05, 0) is 64.1 Å². The fraction of sp³-hybridized carbons (Fsp3) is 0.650. The van der Waals surface area contributed by atoms with Crippen molar-refractivity contribution < 1.29 is 0 Å². The number of unbranched alkanes of at least 4 members (excludes halogenated alkanes) is 2. The van der Waals surface area contributed by atoms with Crippen molar-refractivity contribution in [2.75, 3.05) is 26.7 Å². The van der Waals surface area contributed by atoms with Crippen LogP contribution in [-0.2, 0) is 13.1 Å². The van der Waals surface area contributed by atoms with Gasteiger partial charge in [-0.15, -0.1) is 0 Å². The van der Waals surface area contributed by atoms with Crippen LogP contribution >= 0.6 is 11.6 Å². The monoisotopic (exact) mass is 364 g/mol. The SMILES string of the molecule is CCCCN(CCCC)CCCn1c(CNC)nc2ccc(Cl)cc21. The molecular formula is C20H33ClN4. The maximum Gasteiger partial charge on any atom is 0.123 e. The smallest absolute Gasteiger partial charge is 0.123 e. The first-order valence-electron chi connectivity index (χ1n) is 9.71. The van der Waals surface area contributed by atoms with Gasteiger partial charge in [-0.2, -0.15) is 0 Å². The molecule has 1 N–H and O–H groups in total. The second kappa shape index (κ2) is 10.8. The number of benzene rings is 1. The highest BCUT2D eigenvalue weighted by Gasteiger charge is 2.11. The van der Waals surface area contributed by atoms with Gasteiger partial charge in [0, 0.05) is 11.6 Å². The summed E-state index contributed by atoms with van der Waals surface area (Å²) in [5.74, 6) is 1.09. The molecule has 0 atom stereocenters. The highest BCUT2D eigenvalue weighted by atomic mass is 35.5. The molecule has 0 spiro atoms. The number of hydrogen-bond acceptors (Lipinski definition) is 3. The van der Waals surface area contributed by atoms with Gasteiger partial charge in [0.15, 0.2) is 0 Å². The van der Waals surface area contributed by atoms with E-state index in [1.165, 1.54) is 38.8 Å². The van der Waals surface area contributed by atoms with Crippen LogP contribution in [-0.4, -0.2) is 41.1 Å². The van der Waals surface area contributed by atoms with Gasteiger partial charge >= 0.3 is 0 Å². The first kappa shape index (κ1) is 20.2. The van der Waals surface area contributed by atoms with E-state index in [9.17, 15) is 0 Å². The number of rotatable bonds is 12. The molecule has 2 aromatic rings. The van der Waals surface area contributed by atoms with E-state index >= 15 is 0 Å². The normalized spacial score (nSPS) is 11.7. The lowest BCUT2D eigenvalue weighted by atomic mass is 10.2. The maximum atomic E-state index is 6.21. The molecule has 25 heavy (non-hydrogen) atoms. The van der Waals surface area contributed by atoms with Crippen LogP contribution in [0.15, 0.2) is 18.2 Å². The minimum absolute atomic E-state index is 0.775. The van der Waals surface area contributed by atoms with Crippen LogP contribution in [0.2, 0.25) is 5.02 Å². The fourth-order valence-corrected chi connectivity index (χ4v) is 3.41. The Morgan fingerprint density at radius 1 is 1.08 bits per heavy atom. The van der Waals surface area contributed by atoms with Crippen LogP contribution in [0.4, 0.5) is 0 Å². The van der Waals surface area contributed by atoms with Crippen molar-refractivity contribution in [3.63, 3.8) is 0 Å². The van der Waals surface area contributed by atoms with Crippen LogP contribution in [0.1, 0.15) is 51.8 Å². The zero-order valence-electron chi connectivity index (χ0n) is 16.0. The molecular weight excluding hydrogens is 332 g/mol. The van der Waals surface area contributed by atoms with Crippen molar-refractivity contribution in [1.29, 1.82) is 0 Å².